The zero-order valence-corrected chi connectivity index (χ0v) is 32.8. The van der Waals surface area contributed by atoms with Crippen molar-refractivity contribution in [1.82, 2.24) is 9.13 Å². The van der Waals surface area contributed by atoms with Gasteiger partial charge in [0.05, 0.1) is 22.1 Å². The first-order valence-corrected chi connectivity index (χ1v) is 20.7. The van der Waals surface area contributed by atoms with Crippen molar-refractivity contribution in [2.45, 2.75) is 0 Å². The second-order valence-corrected chi connectivity index (χ2v) is 15.7. The van der Waals surface area contributed by atoms with E-state index in [1.807, 2.05) is 0 Å². The van der Waals surface area contributed by atoms with Gasteiger partial charge in [-0.3, -0.25) is 0 Å². The zero-order chi connectivity index (χ0) is 39.6. The molecule has 0 spiro atoms. The smallest absolute Gasteiger partial charge is 0.0803 e. The lowest BCUT2D eigenvalue weighted by Crippen LogP contribution is -1.94. The van der Waals surface area contributed by atoms with Crippen molar-refractivity contribution in [1.29, 1.82) is 0 Å². The van der Waals surface area contributed by atoms with Gasteiger partial charge in [0.15, 0.2) is 0 Å². The molecule has 280 valence electrons. The monoisotopic (exact) mass is 762 g/mol. The van der Waals surface area contributed by atoms with Crippen LogP contribution in [0.4, 0.5) is 0 Å². The van der Waals surface area contributed by atoms with Crippen LogP contribution in [0.2, 0.25) is 0 Å². The van der Waals surface area contributed by atoms with Crippen molar-refractivity contribution >= 4 is 54.4 Å². The number of aromatic nitrogens is 2. The Morgan fingerprint density at radius 3 is 1.07 bits per heavy atom. The van der Waals surface area contributed by atoms with Gasteiger partial charge in [-0.15, -0.1) is 0 Å². The first-order chi connectivity index (χ1) is 29.8. The predicted octanol–water partition coefficient (Wildman–Crippen LogP) is 15.7. The van der Waals surface area contributed by atoms with E-state index >= 15 is 0 Å². The Bertz CT molecular complexity index is 3340. The minimum absolute atomic E-state index is 1.14. The minimum atomic E-state index is 1.14. The molecule has 0 atom stereocenters. The van der Waals surface area contributed by atoms with Crippen LogP contribution in [0.25, 0.3) is 110 Å². The van der Waals surface area contributed by atoms with Gasteiger partial charge in [0, 0.05) is 22.1 Å². The van der Waals surface area contributed by atoms with Crippen molar-refractivity contribution in [3.63, 3.8) is 0 Å². The Hall–Kier alpha value is -7.94. The van der Waals surface area contributed by atoms with E-state index in [0.717, 1.165) is 11.4 Å². The first-order valence-electron chi connectivity index (χ1n) is 20.7. The zero-order valence-electron chi connectivity index (χ0n) is 32.8. The Labute approximate surface area is 348 Å². The molecule has 0 saturated heterocycles. The molecule has 0 aliphatic heterocycles. The molecule has 2 heterocycles. The van der Waals surface area contributed by atoms with Crippen molar-refractivity contribution in [3.8, 4) is 55.9 Å². The molecule has 0 bridgehead atoms. The molecule has 0 unspecified atom stereocenters. The van der Waals surface area contributed by atoms with Crippen LogP contribution in [0.5, 0.6) is 0 Å². The molecule has 12 rings (SSSR count). The molecule has 0 aliphatic rings. The van der Waals surface area contributed by atoms with E-state index in [4.69, 9.17) is 0 Å². The Morgan fingerprint density at radius 2 is 0.600 bits per heavy atom. The number of benzene rings is 10. The quantitative estimate of drug-likeness (QED) is 0.160. The van der Waals surface area contributed by atoms with E-state index in [0.29, 0.717) is 0 Å². The lowest BCUT2D eigenvalue weighted by Gasteiger charge is -2.13. The van der Waals surface area contributed by atoms with Gasteiger partial charge in [-0.2, -0.15) is 0 Å². The number of rotatable bonds is 6. The first kappa shape index (κ1) is 34.1. The molecule has 2 nitrogen and oxygen atoms in total. The highest BCUT2D eigenvalue weighted by atomic mass is 15.1. The second-order valence-electron chi connectivity index (χ2n) is 15.7. The van der Waals surface area contributed by atoms with Crippen molar-refractivity contribution in [2.75, 3.05) is 0 Å². The number of fused-ring (bicyclic) bond motifs is 7. The fourth-order valence-corrected chi connectivity index (χ4v) is 9.52. The molecule has 2 aromatic heterocycles. The van der Waals surface area contributed by atoms with Gasteiger partial charge in [0.1, 0.15) is 0 Å². The van der Waals surface area contributed by atoms with Gasteiger partial charge in [0.2, 0.25) is 0 Å². The summed E-state index contributed by atoms with van der Waals surface area (Å²) in [7, 11) is 0. The average Bonchev–Trinajstić information content (AvgIpc) is 3.83. The molecule has 0 saturated carbocycles. The fourth-order valence-electron chi connectivity index (χ4n) is 9.52. The highest BCUT2D eigenvalue weighted by Gasteiger charge is 2.23. The van der Waals surface area contributed by atoms with E-state index in [1.54, 1.807) is 0 Å². The summed E-state index contributed by atoms with van der Waals surface area (Å²) >= 11 is 0. The molecule has 0 aliphatic carbocycles. The number of nitrogens with zero attached hydrogens (tertiary/aromatic N) is 2. The highest BCUT2D eigenvalue weighted by molar-refractivity contribution is 6.21. The van der Waals surface area contributed by atoms with Crippen LogP contribution in [-0.2, 0) is 0 Å². The van der Waals surface area contributed by atoms with Gasteiger partial charge in [-0.1, -0.05) is 182 Å². The summed E-state index contributed by atoms with van der Waals surface area (Å²) in [6.07, 6.45) is 0. The Balaban J connectivity index is 1.08. The fraction of sp³-hybridized carbons (Fsp3) is 0. The molecule has 0 radical (unpaired) electrons. The summed E-state index contributed by atoms with van der Waals surface area (Å²) in [5.41, 5.74) is 16.7. The molecule has 0 amide bonds. The van der Waals surface area contributed by atoms with Gasteiger partial charge in [-0.05, 0) is 115 Å². The van der Waals surface area contributed by atoms with E-state index in [2.05, 4.69) is 240 Å². The van der Waals surface area contributed by atoms with Gasteiger partial charge in [-0.25, -0.2) is 0 Å². The minimum Gasteiger partial charge on any atom is -0.307 e. The molecule has 12 aromatic rings. The number of para-hydroxylation sites is 2. The van der Waals surface area contributed by atoms with Crippen LogP contribution in [0.1, 0.15) is 0 Å². The van der Waals surface area contributed by atoms with Crippen LogP contribution in [0, 0.1) is 0 Å². The molecule has 0 N–H and O–H groups in total. The molecule has 10 aromatic carbocycles. The SMILES string of the molecule is c1ccc(-n2c3cc(-c4cccc(-c5cccc6ccccc56)c4)ccc3c3c2c2ccc(-c4cccc(-c5cccc6ccccc56)c4)cc2n3-c2ccccc2)cc1. The van der Waals surface area contributed by atoms with Crippen LogP contribution >= 0.6 is 0 Å². The van der Waals surface area contributed by atoms with Crippen molar-refractivity contribution < 1.29 is 0 Å². The lowest BCUT2D eigenvalue weighted by molar-refractivity contribution is 1.17. The Morgan fingerprint density at radius 1 is 0.233 bits per heavy atom. The van der Waals surface area contributed by atoms with E-state index in [9.17, 15) is 0 Å². The third kappa shape index (κ3) is 5.50. The maximum atomic E-state index is 2.48. The standard InChI is InChI=1S/C58H38N2/c1-3-23-47(24-4-1)59-55-37-43(41-19-11-21-45(35-41)51-29-13-17-39-15-7-9-27-49(39)51)31-33-53(55)58-57(59)54-34-32-44(38-56(54)60(58)48-25-5-2-6-26-48)42-20-12-22-46(36-42)52-30-14-18-40-16-8-10-28-50(40)52/h1-38H. The van der Waals surface area contributed by atoms with Crippen LogP contribution < -0.4 is 0 Å². The highest BCUT2D eigenvalue weighted by Crippen LogP contribution is 2.44. The topological polar surface area (TPSA) is 9.86 Å². The lowest BCUT2D eigenvalue weighted by atomic mass is 9.95. The number of hydrogen-bond acceptors (Lipinski definition) is 0. The van der Waals surface area contributed by atoms with Crippen molar-refractivity contribution in [3.05, 3.63) is 231 Å². The normalized spacial score (nSPS) is 11.7. The number of hydrogen-bond donors (Lipinski definition) is 0. The average molecular weight is 763 g/mol. The van der Waals surface area contributed by atoms with Crippen molar-refractivity contribution in [2.24, 2.45) is 0 Å². The van der Waals surface area contributed by atoms with Crippen LogP contribution in [-0.4, -0.2) is 9.13 Å². The van der Waals surface area contributed by atoms with Gasteiger partial charge in [0.25, 0.3) is 0 Å². The largest absolute Gasteiger partial charge is 0.307 e. The summed E-state index contributed by atoms with van der Waals surface area (Å²) in [6.45, 7) is 0. The third-order valence-corrected chi connectivity index (χ3v) is 12.3. The van der Waals surface area contributed by atoms with E-state index in [1.165, 1.54) is 98.9 Å². The maximum Gasteiger partial charge on any atom is 0.0803 e. The summed E-state index contributed by atoms with van der Waals surface area (Å²) in [4.78, 5) is 0. The van der Waals surface area contributed by atoms with Crippen LogP contribution in [0.15, 0.2) is 231 Å². The summed E-state index contributed by atoms with van der Waals surface area (Å²) < 4.78 is 4.95. The molecule has 0 fully saturated rings. The van der Waals surface area contributed by atoms with E-state index < -0.39 is 0 Å². The maximum absolute atomic E-state index is 2.48. The van der Waals surface area contributed by atoms with Gasteiger partial charge >= 0.3 is 0 Å². The van der Waals surface area contributed by atoms with Gasteiger partial charge < -0.3 is 9.13 Å². The summed E-state index contributed by atoms with van der Waals surface area (Å²) in [5, 5.41) is 7.46. The van der Waals surface area contributed by atoms with E-state index in [-0.39, 0.29) is 0 Å². The second kappa shape index (κ2) is 13.9. The predicted molar refractivity (Wildman–Crippen MR) is 254 cm³/mol. The Kier molecular flexibility index (Phi) is 7.89. The molecule has 60 heavy (non-hydrogen) atoms. The molecular formula is C58H38N2. The summed E-state index contributed by atoms with van der Waals surface area (Å²) in [5.74, 6) is 0. The third-order valence-electron chi connectivity index (χ3n) is 12.3. The van der Waals surface area contributed by atoms with Crippen LogP contribution in [0.3, 0.4) is 0 Å². The molecule has 2 heteroatoms. The molecular weight excluding hydrogens is 725 g/mol. The summed E-state index contributed by atoms with van der Waals surface area (Å²) in [6, 6.07) is 84.2.